The first-order valence-electron chi connectivity index (χ1n) is 18.8. The number of phenolic OH excluding ortho intramolecular Hbond substituents is 2. The van der Waals surface area contributed by atoms with E-state index >= 15 is 0 Å². The van der Waals surface area contributed by atoms with Crippen molar-refractivity contribution < 1.29 is 71.8 Å². The largest absolute Gasteiger partial charge is 0.505 e. The lowest BCUT2D eigenvalue weighted by Gasteiger charge is -2.13. The van der Waals surface area contributed by atoms with E-state index in [1.165, 1.54) is 49.6 Å². The molecule has 31 heteroatoms. The fourth-order valence-electron chi connectivity index (χ4n) is 6.44. The highest BCUT2D eigenvalue weighted by atomic mass is 32.2. The number of aromatic hydroxyl groups is 2. The fraction of sp³-hybridized carbons (Fsp3) is 0.0256. The average Bonchev–Trinajstić information content (AvgIpc) is 3.28. The molecule has 0 atom stereocenters. The second-order valence-electron chi connectivity index (χ2n) is 14.1. The van der Waals surface area contributed by atoms with E-state index in [9.17, 15) is 67.7 Å². The van der Waals surface area contributed by atoms with E-state index in [-0.39, 0.29) is 50.2 Å². The van der Waals surface area contributed by atoms with Crippen molar-refractivity contribution in [2.75, 3.05) is 12.8 Å². The number of rotatable bonds is 14. The first kappa shape index (κ1) is 49.6. The van der Waals surface area contributed by atoms with Gasteiger partial charge < -0.3 is 20.7 Å². The molecule has 0 spiro atoms. The summed E-state index contributed by atoms with van der Waals surface area (Å²) in [5, 5.41) is 62.7. The van der Waals surface area contributed by atoms with E-state index < -0.39 is 110 Å². The number of nitro groups is 1. The SMILES string of the molecule is COc1cc([N+](=O)[O-])ccc1N=Nc1ccc2c(S(=O)(=O)O)cc(N=Nc3ccc4c(O)c(N=Nc5ccc(N=Nc6ccc(S(=O)(=O)O)cc6)cc5)c(S(=O)(=O)O)cc4c3S(=O)(=O)O)c(N)c2c1O. The van der Waals surface area contributed by atoms with Gasteiger partial charge in [0.25, 0.3) is 46.2 Å². The molecule has 8 N–H and O–H groups in total. The van der Waals surface area contributed by atoms with Crippen molar-refractivity contribution in [3.8, 4) is 17.2 Å². The Hall–Kier alpha value is -8.30. The van der Waals surface area contributed by atoms with Gasteiger partial charge in [0.05, 0.1) is 51.1 Å². The van der Waals surface area contributed by atoms with Gasteiger partial charge in [0.15, 0.2) is 17.2 Å². The van der Waals surface area contributed by atoms with Crippen LogP contribution in [0.5, 0.6) is 17.2 Å². The van der Waals surface area contributed by atoms with Crippen LogP contribution in [0.3, 0.4) is 0 Å². The zero-order valence-corrected chi connectivity index (χ0v) is 38.0. The van der Waals surface area contributed by atoms with E-state index in [1.54, 1.807) is 0 Å². The number of non-ortho nitro benzene ring substituents is 1. The molecule has 0 saturated heterocycles. The van der Waals surface area contributed by atoms with Crippen LogP contribution >= 0.6 is 0 Å². The Labute approximate surface area is 392 Å². The summed E-state index contributed by atoms with van der Waals surface area (Å²) in [6.45, 7) is 0. The van der Waals surface area contributed by atoms with Crippen LogP contribution in [-0.4, -0.2) is 74.1 Å². The van der Waals surface area contributed by atoms with E-state index in [4.69, 9.17) is 15.0 Å². The minimum atomic E-state index is -5.49. The third-order valence-corrected chi connectivity index (χ3v) is 13.2. The van der Waals surface area contributed by atoms with Crippen molar-refractivity contribution >= 4 is 119 Å². The highest BCUT2D eigenvalue weighted by Crippen LogP contribution is 2.48. The monoisotopic (exact) mass is 1040 g/mol. The highest BCUT2D eigenvalue weighted by Gasteiger charge is 2.29. The second kappa shape index (κ2) is 18.7. The van der Waals surface area contributed by atoms with E-state index in [2.05, 4.69) is 40.9 Å². The molecule has 7 rings (SSSR count). The Morgan fingerprint density at radius 3 is 1.56 bits per heavy atom. The molecule has 0 amide bonds. The number of fused-ring (bicyclic) bond motifs is 2. The van der Waals surface area contributed by atoms with Gasteiger partial charge in [-0.15, -0.1) is 25.6 Å². The van der Waals surface area contributed by atoms with Crippen LogP contribution in [0.4, 0.5) is 56.9 Å². The van der Waals surface area contributed by atoms with Crippen LogP contribution in [0.2, 0.25) is 0 Å². The Morgan fingerprint density at radius 1 is 0.514 bits per heavy atom. The zero-order valence-electron chi connectivity index (χ0n) is 34.7. The number of hydrogen-bond donors (Lipinski definition) is 7. The second-order valence-corrected chi connectivity index (χ2v) is 19.6. The lowest BCUT2D eigenvalue weighted by atomic mass is 10.1. The molecule has 0 aliphatic rings. The molecule has 0 saturated carbocycles. The van der Waals surface area contributed by atoms with E-state index in [1.807, 2.05) is 0 Å². The van der Waals surface area contributed by atoms with Crippen molar-refractivity contribution in [2.24, 2.45) is 40.9 Å². The number of benzene rings is 7. The van der Waals surface area contributed by atoms with Gasteiger partial charge in [0, 0.05) is 22.2 Å². The summed E-state index contributed by atoms with van der Waals surface area (Å²) in [5.41, 5.74) is 3.18. The minimum Gasteiger partial charge on any atom is -0.505 e. The van der Waals surface area contributed by atoms with Gasteiger partial charge >= 0.3 is 0 Å². The number of methoxy groups -OCH3 is 1. The smallest absolute Gasteiger partial charge is 0.297 e. The number of nitrogens with zero attached hydrogens (tertiary/aromatic N) is 9. The van der Waals surface area contributed by atoms with Crippen LogP contribution in [0.1, 0.15) is 0 Å². The summed E-state index contributed by atoms with van der Waals surface area (Å²) in [7, 11) is -19.3. The third-order valence-electron chi connectivity index (χ3n) is 9.65. The van der Waals surface area contributed by atoms with Crippen molar-refractivity contribution in [3.63, 3.8) is 0 Å². The molecular weight excluding hydrogens is 1010 g/mol. The normalized spacial score (nSPS) is 12.9. The maximum atomic E-state index is 13.0. The molecule has 0 aliphatic heterocycles. The lowest BCUT2D eigenvalue weighted by Crippen LogP contribution is -2.03. The Balaban J connectivity index is 1.27. The summed E-state index contributed by atoms with van der Waals surface area (Å²) in [5.74, 6) is -1.99. The number of hydrogen-bond acceptors (Lipinski definition) is 22. The van der Waals surface area contributed by atoms with Gasteiger partial charge in [-0.25, -0.2) is 0 Å². The molecule has 70 heavy (non-hydrogen) atoms. The van der Waals surface area contributed by atoms with Gasteiger partial charge in [0.1, 0.15) is 43.1 Å². The van der Waals surface area contributed by atoms with Gasteiger partial charge in [-0.05, 0) is 84.9 Å². The van der Waals surface area contributed by atoms with Crippen LogP contribution < -0.4 is 10.5 Å². The maximum absolute atomic E-state index is 13.0. The summed E-state index contributed by atoms with van der Waals surface area (Å²) in [6, 6.07) is 18.8. The van der Waals surface area contributed by atoms with Crippen LogP contribution in [0, 0.1) is 10.1 Å². The first-order valence-corrected chi connectivity index (χ1v) is 24.5. The zero-order chi connectivity index (χ0) is 51.1. The summed E-state index contributed by atoms with van der Waals surface area (Å²) in [6.07, 6.45) is 0. The average molecular weight is 1040 g/mol. The number of nitro benzene ring substituents is 1. The van der Waals surface area contributed by atoms with Gasteiger partial charge in [0.2, 0.25) is 0 Å². The number of nitrogens with two attached hydrogens (primary N) is 1. The maximum Gasteiger partial charge on any atom is 0.297 e. The Morgan fingerprint density at radius 2 is 1.01 bits per heavy atom. The molecule has 0 bridgehead atoms. The van der Waals surface area contributed by atoms with Gasteiger partial charge in [-0.3, -0.25) is 28.3 Å². The minimum absolute atomic E-state index is 0.0218. The van der Waals surface area contributed by atoms with E-state index in [0.717, 1.165) is 48.5 Å². The summed E-state index contributed by atoms with van der Waals surface area (Å²) < 4.78 is 144. The number of phenols is 2. The predicted octanol–water partition coefficient (Wildman–Crippen LogP) is 9.55. The molecule has 7 aromatic carbocycles. The van der Waals surface area contributed by atoms with Gasteiger partial charge in [-0.1, -0.05) is 6.07 Å². The summed E-state index contributed by atoms with van der Waals surface area (Å²) >= 11 is 0. The Kier molecular flexibility index (Phi) is 13.2. The number of azo groups is 4. The molecule has 0 aliphatic carbocycles. The number of anilines is 1. The predicted molar refractivity (Wildman–Crippen MR) is 244 cm³/mol. The standard InChI is InChI=1S/C39H28N10O17S4/c1-66-31-16-22(49(52)53)8-13-27(31)44-45-28-14-12-25-32(68(57,58)59)18-30(35(40)34(25)38(28)51)47-46-29-15-11-24-26(39(29)70(63,64)65)17-33(69(60,61)62)36(37(24)50)48-43-20-4-2-19(3-5-20)41-42-21-6-9-23(10-7-21)67(54,55)56/h2-18,50-51H,40H2,1H3,(H,54,55,56)(H,57,58,59)(H,60,61,62)(H,63,64,65). The molecule has 0 heterocycles. The number of ether oxygens (including phenoxy) is 1. The van der Waals surface area contributed by atoms with Gasteiger partial charge in [-0.2, -0.15) is 49.0 Å². The van der Waals surface area contributed by atoms with Crippen molar-refractivity contribution in [1.82, 2.24) is 0 Å². The number of nitrogen functional groups attached to an aromatic ring is 1. The Bertz CT molecular complexity index is 3930. The fourth-order valence-corrected chi connectivity index (χ4v) is 9.10. The molecule has 27 nitrogen and oxygen atoms in total. The molecule has 7 aromatic rings. The molecule has 0 fully saturated rings. The molecule has 0 aromatic heterocycles. The highest BCUT2D eigenvalue weighted by molar-refractivity contribution is 7.87. The van der Waals surface area contributed by atoms with Crippen LogP contribution in [0.15, 0.2) is 164 Å². The van der Waals surface area contributed by atoms with Crippen LogP contribution in [0.25, 0.3) is 21.5 Å². The summed E-state index contributed by atoms with van der Waals surface area (Å²) in [4.78, 5) is 6.83. The van der Waals surface area contributed by atoms with E-state index in [0.29, 0.717) is 12.1 Å². The topological polar surface area (TPSA) is 435 Å². The lowest BCUT2D eigenvalue weighted by molar-refractivity contribution is -0.384. The third kappa shape index (κ3) is 10.4. The first-order chi connectivity index (χ1) is 32.8. The molecule has 0 radical (unpaired) electrons. The molecular formula is C39H28N10O17S4. The quantitative estimate of drug-likeness (QED) is 0.0175. The van der Waals surface area contributed by atoms with Crippen molar-refractivity contribution in [3.05, 3.63) is 113 Å². The molecule has 360 valence electrons. The van der Waals surface area contributed by atoms with Crippen molar-refractivity contribution in [1.29, 1.82) is 0 Å². The van der Waals surface area contributed by atoms with Crippen LogP contribution in [-0.2, 0) is 40.5 Å². The van der Waals surface area contributed by atoms with Crippen molar-refractivity contribution in [2.45, 2.75) is 19.6 Å². The molecule has 0 unspecified atom stereocenters.